The van der Waals surface area contributed by atoms with Gasteiger partial charge >= 0.3 is 0 Å². The van der Waals surface area contributed by atoms with Crippen LogP contribution in [-0.2, 0) is 11.2 Å². The molecule has 2 aromatic rings. The lowest BCUT2D eigenvalue weighted by Crippen LogP contribution is -2.16. The minimum absolute atomic E-state index is 0.140. The van der Waals surface area contributed by atoms with Crippen LogP contribution in [0.15, 0.2) is 42.5 Å². The first-order valence-corrected chi connectivity index (χ1v) is 6.21. The summed E-state index contributed by atoms with van der Waals surface area (Å²) in [6, 6.07) is 12.8. The number of rotatable bonds is 3. The number of anilines is 1. The van der Waals surface area contributed by atoms with E-state index in [1.165, 1.54) is 18.2 Å². The van der Waals surface area contributed by atoms with Crippen LogP contribution in [0.4, 0.5) is 10.1 Å². The zero-order valence-electron chi connectivity index (χ0n) is 10.4. The minimum Gasteiger partial charge on any atom is -0.325 e. The zero-order chi connectivity index (χ0) is 14.5. The fraction of sp³-hybridized carbons (Fsp3) is 0.0667. The van der Waals surface area contributed by atoms with Crippen LogP contribution in [0.5, 0.6) is 0 Å². The van der Waals surface area contributed by atoms with E-state index in [0.717, 1.165) is 0 Å². The second-order valence-corrected chi connectivity index (χ2v) is 4.49. The Balaban J connectivity index is 2.16. The van der Waals surface area contributed by atoms with Crippen molar-refractivity contribution in [2.45, 2.75) is 6.42 Å². The van der Waals surface area contributed by atoms with Crippen molar-refractivity contribution in [3.63, 3.8) is 0 Å². The third-order valence-electron chi connectivity index (χ3n) is 2.72. The van der Waals surface area contributed by atoms with Crippen molar-refractivity contribution >= 4 is 23.2 Å². The normalized spacial score (nSPS) is 9.85. The fourth-order valence-corrected chi connectivity index (χ4v) is 1.98. The summed E-state index contributed by atoms with van der Waals surface area (Å²) in [5, 5.41) is 11.7. The molecular weight excluding hydrogens is 279 g/mol. The Bertz CT molecular complexity index is 674. The third kappa shape index (κ3) is 3.14. The van der Waals surface area contributed by atoms with Crippen molar-refractivity contribution < 1.29 is 9.18 Å². The van der Waals surface area contributed by atoms with E-state index in [-0.39, 0.29) is 17.0 Å². The largest absolute Gasteiger partial charge is 0.325 e. The smallest absolute Gasteiger partial charge is 0.228 e. The van der Waals surface area contributed by atoms with Crippen LogP contribution in [0.25, 0.3) is 0 Å². The molecule has 2 rings (SSSR count). The van der Waals surface area contributed by atoms with E-state index in [1.807, 2.05) is 6.07 Å². The van der Waals surface area contributed by atoms with Crippen molar-refractivity contribution in [3.05, 3.63) is 64.4 Å². The molecule has 0 spiro atoms. The van der Waals surface area contributed by atoms with Gasteiger partial charge in [-0.05, 0) is 24.3 Å². The summed E-state index contributed by atoms with van der Waals surface area (Å²) in [5.41, 5.74) is 0.883. The Kier molecular flexibility index (Phi) is 4.34. The summed E-state index contributed by atoms with van der Waals surface area (Å²) in [7, 11) is 0. The van der Waals surface area contributed by atoms with Gasteiger partial charge in [0.25, 0.3) is 0 Å². The molecule has 20 heavy (non-hydrogen) atoms. The highest BCUT2D eigenvalue weighted by Crippen LogP contribution is 2.20. The highest BCUT2D eigenvalue weighted by atomic mass is 35.5. The van der Waals surface area contributed by atoms with Gasteiger partial charge in [0.05, 0.1) is 17.7 Å². The molecule has 3 nitrogen and oxygen atoms in total. The third-order valence-corrected chi connectivity index (χ3v) is 3.07. The SMILES string of the molecule is N#Cc1ccccc1NC(=O)Cc1c(F)cccc1Cl. The number of benzene rings is 2. The standard InChI is InChI=1S/C15H10ClFN2O/c16-12-5-3-6-13(17)11(12)8-15(20)19-14-7-2-1-4-10(14)9-18/h1-7H,8H2,(H,19,20). The topological polar surface area (TPSA) is 52.9 Å². The molecule has 0 saturated heterocycles. The van der Waals surface area contributed by atoms with Crippen LogP contribution in [0.2, 0.25) is 5.02 Å². The highest BCUT2D eigenvalue weighted by molar-refractivity contribution is 6.31. The molecule has 0 aliphatic heterocycles. The van der Waals surface area contributed by atoms with Gasteiger partial charge in [-0.15, -0.1) is 0 Å². The molecule has 0 unspecified atom stereocenters. The molecule has 0 aromatic heterocycles. The quantitative estimate of drug-likeness (QED) is 0.939. The molecular formula is C15H10ClFN2O. The van der Waals surface area contributed by atoms with E-state index in [2.05, 4.69) is 5.32 Å². The number of nitriles is 1. The van der Waals surface area contributed by atoms with Gasteiger partial charge in [-0.3, -0.25) is 4.79 Å². The number of hydrogen-bond acceptors (Lipinski definition) is 2. The molecule has 0 aliphatic rings. The van der Waals surface area contributed by atoms with E-state index in [1.54, 1.807) is 24.3 Å². The average molecular weight is 289 g/mol. The molecule has 5 heteroatoms. The van der Waals surface area contributed by atoms with E-state index >= 15 is 0 Å². The molecule has 1 amide bonds. The first-order valence-electron chi connectivity index (χ1n) is 5.83. The summed E-state index contributed by atoms with van der Waals surface area (Å²) in [6.07, 6.45) is -0.189. The van der Waals surface area contributed by atoms with Gasteiger partial charge in [-0.25, -0.2) is 4.39 Å². The Morgan fingerprint density at radius 1 is 1.25 bits per heavy atom. The number of hydrogen-bond donors (Lipinski definition) is 1. The lowest BCUT2D eigenvalue weighted by atomic mass is 10.1. The number of amides is 1. The molecule has 0 atom stereocenters. The fourth-order valence-electron chi connectivity index (χ4n) is 1.75. The van der Waals surface area contributed by atoms with Gasteiger partial charge in [0, 0.05) is 10.6 Å². The van der Waals surface area contributed by atoms with Gasteiger partial charge in [0.15, 0.2) is 0 Å². The first-order chi connectivity index (χ1) is 9.61. The van der Waals surface area contributed by atoms with E-state index in [4.69, 9.17) is 16.9 Å². The lowest BCUT2D eigenvalue weighted by molar-refractivity contribution is -0.115. The van der Waals surface area contributed by atoms with E-state index in [0.29, 0.717) is 11.3 Å². The second-order valence-electron chi connectivity index (χ2n) is 4.08. The minimum atomic E-state index is -0.527. The summed E-state index contributed by atoms with van der Waals surface area (Å²) in [4.78, 5) is 11.9. The van der Waals surface area contributed by atoms with Crippen LogP contribution in [0, 0.1) is 17.1 Å². The Hall–Kier alpha value is -2.38. The number of nitrogens with zero attached hydrogens (tertiary/aromatic N) is 1. The van der Waals surface area contributed by atoms with Crippen LogP contribution >= 0.6 is 11.6 Å². The van der Waals surface area contributed by atoms with E-state index in [9.17, 15) is 9.18 Å². The van der Waals surface area contributed by atoms with Crippen LogP contribution in [0.1, 0.15) is 11.1 Å². The van der Waals surface area contributed by atoms with Crippen LogP contribution < -0.4 is 5.32 Å². The van der Waals surface area contributed by atoms with Gasteiger partial charge in [0.1, 0.15) is 11.9 Å². The number of carbonyl (C=O) groups is 1. The number of carbonyl (C=O) groups excluding carboxylic acids is 1. The van der Waals surface area contributed by atoms with Crippen molar-refractivity contribution in [1.82, 2.24) is 0 Å². The molecule has 1 N–H and O–H groups in total. The monoisotopic (exact) mass is 288 g/mol. The molecule has 0 bridgehead atoms. The Morgan fingerprint density at radius 3 is 2.70 bits per heavy atom. The maximum absolute atomic E-state index is 13.6. The summed E-state index contributed by atoms with van der Waals surface area (Å²) in [6.45, 7) is 0. The predicted octanol–water partition coefficient (Wildman–Crippen LogP) is 3.53. The molecule has 100 valence electrons. The number of para-hydroxylation sites is 1. The second kappa shape index (κ2) is 6.18. The summed E-state index contributed by atoms with van der Waals surface area (Å²) >= 11 is 5.86. The first kappa shape index (κ1) is 14.0. The summed E-state index contributed by atoms with van der Waals surface area (Å²) in [5.74, 6) is -0.957. The lowest BCUT2D eigenvalue weighted by Gasteiger charge is -2.08. The average Bonchev–Trinajstić information content (AvgIpc) is 2.44. The van der Waals surface area contributed by atoms with Gasteiger partial charge < -0.3 is 5.32 Å². The van der Waals surface area contributed by atoms with Crippen molar-refractivity contribution in [1.29, 1.82) is 5.26 Å². The Morgan fingerprint density at radius 2 is 2.00 bits per heavy atom. The molecule has 2 aromatic carbocycles. The van der Waals surface area contributed by atoms with E-state index < -0.39 is 11.7 Å². The molecule has 0 radical (unpaired) electrons. The zero-order valence-corrected chi connectivity index (χ0v) is 11.1. The van der Waals surface area contributed by atoms with Gasteiger partial charge in [0.2, 0.25) is 5.91 Å². The molecule has 0 heterocycles. The number of halogens is 2. The molecule has 0 saturated carbocycles. The molecule has 0 aliphatic carbocycles. The van der Waals surface area contributed by atoms with Gasteiger partial charge in [-0.2, -0.15) is 5.26 Å². The number of nitrogens with one attached hydrogen (secondary N) is 1. The van der Waals surface area contributed by atoms with Crippen molar-refractivity contribution in [2.24, 2.45) is 0 Å². The predicted molar refractivity (Wildman–Crippen MR) is 74.9 cm³/mol. The molecule has 0 fully saturated rings. The maximum Gasteiger partial charge on any atom is 0.228 e. The van der Waals surface area contributed by atoms with Gasteiger partial charge in [-0.1, -0.05) is 29.8 Å². The van der Waals surface area contributed by atoms with Crippen molar-refractivity contribution in [3.8, 4) is 6.07 Å². The van der Waals surface area contributed by atoms with Crippen molar-refractivity contribution in [2.75, 3.05) is 5.32 Å². The highest BCUT2D eigenvalue weighted by Gasteiger charge is 2.13. The Labute approximate surface area is 120 Å². The summed E-state index contributed by atoms with van der Waals surface area (Å²) < 4.78 is 13.6. The van der Waals surface area contributed by atoms with Crippen LogP contribution in [0.3, 0.4) is 0 Å². The maximum atomic E-state index is 13.6. The van der Waals surface area contributed by atoms with Crippen LogP contribution in [-0.4, -0.2) is 5.91 Å².